The predicted molar refractivity (Wildman–Crippen MR) is 59.4 cm³/mol. The van der Waals surface area contributed by atoms with Gasteiger partial charge in [-0.05, 0) is 18.1 Å². The van der Waals surface area contributed by atoms with E-state index in [2.05, 4.69) is 19.0 Å². The molecule has 2 heteroatoms. The molecule has 0 atom stereocenters. The van der Waals surface area contributed by atoms with E-state index in [0.29, 0.717) is 5.92 Å². The lowest BCUT2D eigenvalue weighted by atomic mass is 10.1. The second-order valence-corrected chi connectivity index (χ2v) is 3.22. The van der Waals surface area contributed by atoms with E-state index in [-0.39, 0.29) is 0 Å². The summed E-state index contributed by atoms with van der Waals surface area (Å²) < 4.78 is 5.16. The lowest BCUT2D eigenvalue weighted by Crippen LogP contribution is -1.86. The van der Waals surface area contributed by atoms with E-state index in [1.165, 1.54) is 0 Å². The Morgan fingerprint density at radius 2 is 1.79 bits per heavy atom. The Morgan fingerprint density at radius 3 is 2.43 bits per heavy atom. The third kappa shape index (κ3) is 1.95. The molecular weight excluding hydrogens is 174 g/mol. The van der Waals surface area contributed by atoms with Gasteiger partial charge < -0.3 is 4.52 Å². The zero-order chi connectivity index (χ0) is 10.6. The minimum Gasteiger partial charge on any atom is -0.356 e. The van der Waals surface area contributed by atoms with Crippen molar-refractivity contribution in [1.82, 2.24) is 5.16 Å². The third-order valence-corrected chi connectivity index (χ3v) is 1.95. The summed E-state index contributed by atoms with van der Waals surface area (Å²) in [7, 11) is 0. The van der Waals surface area contributed by atoms with Gasteiger partial charge in [-0.2, -0.15) is 0 Å². The number of fused-ring (bicyclic) bond motifs is 1. The summed E-state index contributed by atoms with van der Waals surface area (Å²) in [5.74, 6) is 0.425. The van der Waals surface area contributed by atoms with Crippen molar-refractivity contribution in [2.45, 2.75) is 33.6 Å². The van der Waals surface area contributed by atoms with E-state index < -0.39 is 0 Å². The molecule has 2 rings (SSSR count). The molecule has 0 aliphatic rings. The summed E-state index contributed by atoms with van der Waals surface area (Å²) in [6.45, 7) is 8.23. The average Bonchev–Trinajstić information content (AvgIpc) is 2.64. The quantitative estimate of drug-likeness (QED) is 0.681. The molecule has 2 nitrogen and oxygen atoms in total. The first-order chi connectivity index (χ1) is 6.79. The third-order valence-electron chi connectivity index (χ3n) is 1.95. The molecule has 0 saturated carbocycles. The average molecular weight is 191 g/mol. The molecule has 0 aliphatic heterocycles. The first kappa shape index (κ1) is 10.8. The normalized spacial score (nSPS) is 10.1. The van der Waals surface area contributed by atoms with Gasteiger partial charge in [-0.25, -0.2) is 0 Å². The van der Waals surface area contributed by atoms with Crippen molar-refractivity contribution < 1.29 is 4.52 Å². The number of para-hydroxylation sites is 1. The molecule has 0 aliphatic carbocycles. The van der Waals surface area contributed by atoms with E-state index in [1.54, 1.807) is 0 Å². The van der Waals surface area contributed by atoms with E-state index in [4.69, 9.17) is 4.52 Å². The standard InChI is InChI=1S/C10H11NO.C2H6/c1-7(2)10-8-5-3-4-6-9(8)12-11-10;1-2/h3-7H,1-2H3;1-2H3. The van der Waals surface area contributed by atoms with Crippen LogP contribution in [-0.2, 0) is 0 Å². The Hall–Kier alpha value is -1.31. The highest BCUT2D eigenvalue weighted by Crippen LogP contribution is 2.23. The van der Waals surface area contributed by atoms with Crippen LogP contribution in [0.2, 0.25) is 0 Å². The van der Waals surface area contributed by atoms with Crippen LogP contribution in [0, 0.1) is 0 Å². The molecule has 0 fully saturated rings. The van der Waals surface area contributed by atoms with Gasteiger partial charge in [-0.15, -0.1) is 0 Å². The Balaban J connectivity index is 0.000000461. The predicted octanol–water partition coefficient (Wildman–Crippen LogP) is 3.98. The van der Waals surface area contributed by atoms with Crippen LogP contribution in [0.15, 0.2) is 28.8 Å². The fraction of sp³-hybridized carbons (Fsp3) is 0.417. The maximum Gasteiger partial charge on any atom is 0.167 e. The molecule has 14 heavy (non-hydrogen) atoms. The van der Waals surface area contributed by atoms with Crippen molar-refractivity contribution in [1.29, 1.82) is 0 Å². The summed E-state index contributed by atoms with van der Waals surface area (Å²) in [6, 6.07) is 7.94. The lowest BCUT2D eigenvalue weighted by Gasteiger charge is -1.96. The maximum atomic E-state index is 5.16. The second-order valence-electron chi connectivity index (χ2n) is 3.22. The number of rotatable bonds is 1. The zero-order valence-corrected chi connectivity index (χ0v) is 9.24. The van der Waals surface area contributed by atoms with Crippen LogP contribution >= 0.6 is 0 Å². The number of nitrogens with zero attached hydrogens (tertiary/aromatic N) is 1. The minimum atomic E-state index is 0.425. The molecule has 0 saturated heterocycles. The fourth-order valence-electron chi connectivity index (χ4n) is 1.32. The topological polar surface area (TPSA) is 26.0 Å². The van der Waals surface area contributed by atoms with Crippen molar-refractivity contribution in [3.63, 3.8) is 0 Å². The van der Waals surface area contributed by atoms with Gasteiger partial charge in [-0.3, -0.25) is 0 Å². The summed E-state index contributed by atoms with van der Waals surface area (Å²) in [6.07, 6.45) is 0. The number of hydrogen-bond acceptors (Lipinski definition) is 2. The van der Waals surface area contributed by atoms with Crippen LogP contribution in [0.3, 0.4) is 0 Å². The van der Waals surface area contributed by atoms with Crippen molar-refractivity contribution in [3.05, 3.63) is 30.0 Å². The first-order valence-electron chi connectivity index (χ1n) is 5.13. The fourth-order valence-corrected chi connectivity index (χ4v) is 1.32. The highest BCUT2D eigenvalue weighted by Gasteiger charge is 2.09. The molecule has 0 spiro atoms. The van der Waals surface area contributed by atoms with Gasteiger partial charge in [0.2, 0.25) is 0 Å². The zero-order valence-electron chi connectivity index (χ0n) is 9.24. The molecule has 0 unspecified atom stereocenters. The van der Waals surface area contributed by atoms with E-state index in [9.17, 15) is 0 Å². The van der Waals surface area contributed by atoms with Crippen molar-refractivity contribution in [2.24, 2.45) is 0 Å². The molecule has 0 N–H and O–H groups in total. The Bertz CT molecular complexity index is 390. The minimum absolute atomic E-state index is 0.425. The molecule has 0 bridgehead atoms. The van der Waals surface area contributed by atoms with E-state index in [0.717, 1.165) is 16.7 Å². The highest BCUT2D eigenvalue weighted by molar-refractivity contribution is 5.79. The van der Waals surface area contributed by atoms with Crippen molar-refractivity contribution in [2.75, 3.05) is 0 Å². The Labute approximate surface area is 84.9 Å². The van der Waals surface area contributed by atoms with E-state index >= 15 is 0 Å². The first-order valence-corrected chi connectivity index (χ1v) is 5.13. The molecule has 1 aromatic heterocycles. The Kier molecular flexibility index (Phi) is 3.69. The van der Waals surface area contributed by atoms with Crippen LogP contribution in [0.4, 0.5) is 0 Å². The van der Waals surface area contributed by atoms with Gasteiger partial charge in [0.25, 0.3) is 0 Å². The summed E-state index contributed by atoms with van der Waals surface area (Å²) in [5.41, 5.74) is 1.92. The Morgan fingerprint density at radius 1 is 1.14 bits per heavy atom. The van der Waals surface area contributed by atoms with Gasteiger partial charge in [0.05, 0.1) is 5.69 Å². The number of benzene rings is 1. The molecule has 76 valence electrons. The van der Waals surface area contributed by atoms with Gasteiger partial charge in [0, 0.05) is 5.39 Å². The van der Waals surface area contributed by atoms with Crippen LogP contribution in [0.5, 0.6) is 0 Å². The van der Waals surface area contributed by atoms with E-state index in [1.807, 2.05) is 38.1 Å². The number of hydrogen-bond donors (Lipinski definition) is 0. The van der Waals surface area contributed by atoms with Gasteiger partial charge in [-0.1, -0.05) is 45.0 Å². The highest BCUT2D eigenvalue weighted by atomic mass is 16.5. The van der Waals surface area contributed by atoms with Crippen LogP contribution in [-0.4, -0.2) is 5.16 Å². The summed E-state index contributed by atoms with van der Waals surface area (Å²) >= 11 is 0. The van der Waals surface area contributed by atoms with Crippen molar-refractivity contribution >= 4 is 11.0 Å². The molecule has 0 radical (unpaired) electrons. The summed E-state index contributed by atoms with van der Waals surface area (Å²) in [4.78, 5) is 0. The van der Waals surface area contributed by atoms with Crippen LogP contribution in [0.25, 0.3) is 11.0 Å². The van der Waals surface area contributed by atoms with Crippen molar-refractivity contribution in [3.8, 4) is 0 Å². The van der Waals surface area contributed by atoms with Gasteiger partial charge in [0.15, 0.2) is 5.58 Å². The molecule has 2 aromatic rings. The SMILES string of the molecule is CC.CC(C)c1noc2ccccc12. The van der Waals surface area contributed by atoms with Crippen LogP contribution in [0.1, 0.15) is 39.3 Å². The smallest absolute Gasteiger partial charge is 0.167 e. The molecule has 1 heterocycles. The second kappa shape index (κ2) is 4.80. The largest absolute Gasteiger partial charge is 0.356 e. The molecule has 1 aromatic carbocycles. The molecular formula is C12H17NO. The van der Waals surface area contributed by atoms with Gasteiger partial charge in [0.1, 0.15) is 0 Å². The number of aromatic nitrogens is 1. The lowest BCUT2D eigenvalue weighted by molar-refractivity contribution is 0.441. The monoisotopic (exact) mass is 191 g/mol. The van der Waals surface area contributed by atoms with Crippen LogP contribution < -0.4 is 0 Å². The van der Waals surface area contributed by atoms with Gasteiger partial charge >= 0.3 is 0 Å². The molecule has 0 amide bonds. The maximum absolute atomic E-state index is 5.16. The summed E-state index contributed by atoms with van der Waals surface area (Å²) in [5, 5.41) is 5.15.